The fourth-order valence-corrected chi connectivity index (χ4v) is 3.35. The zero-order chi connectivity index (χ0) is 16.1. The fraction of sp³-hybridized carbons (Fsp3) is 0.333. The van der Waals surface area contributed by atoms with Gasteiger partial charge in [0, 0.05) is 12.6 Å². The average molecular weight is 307 g/mol. The van der Waals surface area contributed by atoms with Crippen LogP contribution in [0.2, 0.25) is 0 Å². The summed E-state index contributed by atoms with van der Waals surface area (Å²) in [5.41, 5.74) is 2.57. The molecule has 0 saturated heterocycles. The highest BCUT2D eigenvalue weighted by atomic mass is 16.3. The standard InChI is InChI=1S/C21H25NO/c1-17(19-12-6-3-7-13-19)22(16-18-10-4-2-5-11-18)20-14-8-9-15-21(20)23/h2-8,10-14,17,20-21,23H,9,15-16H2,1H3/t17-,20-,21+/m1/s1. The van der Waals surface area contributed by atoms with E-state index in [4.69, 9.17) is 0 Å². The Morgan fingerprint density at radius 3 is 2.35 bits per heavy atom. The molecule has 0 saturated carbocycles. The molecule has 120 valence electrons. The SMILES string of the molecule is C[C@H](c1ccccc1)N(Cc1ccccc1)[C@@H]1C=CCC[C@@H]1O. The lowest BCUT2D eigenvalue weighted by Crippen LogP contribution is -2.44. The molecule has 0 aliphatic heterocycles. The largest absolute Gasteiger partial charge is 0.391 e. The zero-order valence-electron chi connectivity index (χ0n) is 13.7. The van der Waals surface area contributed by atoms with Crippen molar-refractivity contribution in [3.8, 4) is 0 Å². The van der Waals surface area contributed by atoms with Gasteiger partial charge in [-0.25, -0.2) is 0 Å². The molecule has 2 nitrogen and oxygen atoms in total. The van der Waals surface area contributed by atoms with E-state index in [1.807, 2.05) is 12.1 Å². The van der Waals surface area contributed by atoms with Crippen LogP contribution in [-0.2, 0) is 6.54 Å². The second-order valence-electron chi connectivity index (χ2n) is 6.31. The first-order chi connectivity index (χ1) is 11.3. The summed E-state index contributed by atoms with van der Waals surface area (Å²) in [6, 6.07) is 21.4. The Morgan fingerprint density at radius 2 is 1.70 bits per heavy atom. The van der Waals surface area contributed by atoms with Crippen LogP contribution < -0.4 is 0 Å². The first-order valence-corrected chi connectivity index (χ1v) is 8.45. The maximum Gasteiger partial charge on any atom is 0.0734 e. The van der Waals surface area contributed by atoms with Crippen LogP contribution >= 0.6 is 0 Å². The smallest absolute Gasteiger partial charge is 0.0734 e. The second-order valence-corrected chi connectivity index (χ2v) is 6.31. The van der Waals surface area contributed by atoms with E-state index in [9.17, 15) is 5.11 Å². The number of aliphatic hydroxyl groups is 1. The molecule has 1 N–H and O–H groups in total. The van der Waals surface area contributed by atoms with Gasteiger partial charge in [0.2, 0.25) is 0 Å². The lowest BCUT2D eigenvalue weighted by atomic mass is 9.94. The third-order valence-electron chi connectivity index (χ3n) is 4.73. The van der Waals surface area contributed by atoms with Gasteiger partial charge < -0.3 is 5.11 Å². The van der Waals surface area contributed by atoms with Gasteiger partial charge in [0.15, 0.2) is 0 Å². The third-order valence-corrected chi connectivity index (χ3v) is 4.73. The lowest BCUT2D eigenvalue weighted by molar-refractivity contribution is 0.0373. The minimum Gasteiger partial charge on any atom is -0.391 e. The van der Waals surface area contributed by atoms with Gasteiger partial charge in [-0.1, -0.05) is 72.8 Å². The first-order valence-electron chi connectivity index (χ1n) is 8.45. The van der Waals surface area contributed by atoms with Gasteiger partial charge in [0.25, 0.3) is 0 Å². The predicted octanol–water partition coefficient (Wildman–Crippen LogP) is 4.33. The normalized spacial score (nSPS) is 22.2. The van der Waals surface area contributed by atoms with Crippen LogP contribution in [0, 0.1) is 0 Å². The molecule has 0 spiro atoms. The number of nitrogens with zero attached hydrogens (tertiary/aromatic N) is 1. The van der Waals surface area contributed by atoms with Crippen molar-refractivity contribution in [1.82, 2.24) is 4.90 Å². The topological polar surface area (TPSA) is 23.5 Å². The molecule has 1 aliphatic rings. The molecule has 0 amide bonds. The van der Waals surface area contributed by atoms with Crippen molar-refractivity contribution >= 4 is 0 Å². The van der Waals surface area contributed by atoms with Gasteiger partial charge in [-0.05, 0) is 30.9 Å². The van der Waals surface area contributed by atoms with Crippen LogP contribution in [0.5, 0.6) is 0 Å². The van der Waals surface area contributed by atoms with Crippen molar-refractivity contribution in [2.45, 2.75) is 44.5 Å². The van der Waals surface area contributed by atoms with E-state index in [2.05, 4.69) is 72.5 Å². The van der Waals surface area contributed by atoms with Crippen LogP contribution in [0.4, 0.5) is 0 Å². The number of allylic oxidation sites excluding steroid dienone is 1. The van der Waals surface area contributed by atoms with Gasteiger partial charge >= 0.3 is 0 Å². The minimum atomic E-state index is -0.296. The number of hydrogen-bond acceptors (Lipinski definition) is 2. The summed E-state index contributed by atoms with van der Waals surface area (Å²) in [5.74, 6) is 0. The van der Waals surface area contributed by atoms with Gasteiger partial charge in [0.05, 0.1) is 12.1 Å². The molecule has 2 heteroatoms. The van der Waals surface area contributed by atoms with Gasteiger partial charge in [-0.2, -0.15) is 0 Å². The number of rotatable bonds is 5. The number of benzene rings is 2. The summed E-state index contributed by atoms with van der Waals surface area (Å²) in [5, 5.41) is 10.5. The molecule has 23 heavy (non-hydrogen) atoms. The van der Waals surface area contributed by atoms with E-state index in [0.29, 0.717) is 0 Å². The molecule has 0 radical (unpaired) electrons. The van der Waals surface area contributed by atoms with E-state index in [-0.39, 0.29) is 18.2 Å². The van der Waals surface area contributed by atoms with E-state index in [1.54, 1.807) is 0 Å². The van der Waals surface area contributed by atoms with E-state index in [0.717, 1.165) is 19.4 Å². The van der Waals surface area contributed by atoms with Crippen molar-refractivity contribution < 1.29 is 5.11 Å². The van der Waals surface area contributed by atoms with E-state index in [1.165, 1.54) is 11.1 Å². The second kappa shape index (κ2) is 7.58. The molecule has 3 atom stereocenters. The van der Waals surface area contributed by atoms with Crippen molar-refractivity contribution in [3.63, 3.8) is 0 Å². The van der Waals surface area contributed by atoms with Crippen molar-refractivity contribution in [2.75, 3.05) is 0 Å². The monoisotopic (exact) mass is 307 g/mol. The molecule has 0 bridgehead atoms. The molecule has 0 fully saturated rings. The summed E-state index contributed by atoms with van der Waals surface area (Å²) >= 11 is 0. The predicted molar refractivity (Wildman–Crippen MR) is 95.0 cm³/mol. The van der Waals surface area contributed by atoms with Crippen LogP contribution in [0.15, 0.2) is 72.8 Å². The number of hydrogen-bond donors (Lipinski definition) is 1. The molecular weight excluding hydrogens is 282 g/mol. The van der Waals surface area contributed by atoms with Gasteiger partial charge in [-0.15, -0.1) is 0 Å². The first kappa shape index (κ1) is 16.0. The van der Waals surface area contributed by atoms with Crippen molar-refractivity contribution in [3.05, 3.63) is 83.9 Å². The molecular formula is C21H25NO. The summed E-state index contributed by atoms with van der Waals surface area (Å²) < 4.78 is 0. The van der Waals surface area contributed by atoms with Crippen LogP contribution in [0.1, 0.15) is 36.9 Å². The maximum absolute atomic E-state index is 10.5. The quantitative estimate of drug-likeness (QED) is 0.831. The maximum atomic E-state index is 10.5. The molecule has 0 heterocycles. The Labute approximate surface area is 139 Å². The Bertz CT molecular complexity index is 623. The zero-order valence-corrected chi connectivity index (χ0v) is 13.7. The Balaban J connectivity index is 1.89. The molecule has 0 aromatic heterocycles. The highest BCUT2D eigenvalue weighted by Gasteiger charge is 2.29. The van der Waals surface area contributed by atoms with Crippen molar-refractivity contribution in [2.24, 2.45) is 0 Å². The fourth-order valence-electron chi connectivity index (χ4n) is 3.35. The number of aliphatic hydroxyl groups excluding tert-OH is 1. The molecule has 2 aromatic rings. The van der Waals surface area contributed by atoms with Crippen LogP contribution in [0.3, 0.4) is 0 Å². The summed E-state index contributed by atoms with van der Waals surface area (Å²) in [6.07, 6.45) is 5.89. The Morgan fingerprint density at radius 1 is 1.04 bits per heavy atom. The Kier molecular flexibility index (Phi) is 5.27. The van der Waals surface area contributed by atoms with Gasteiger partial charge in [0.1, 0.15) is 0 Å². The minimum absolute atomic E-state index is 0.0687. The highest BCUT2D eigenvalue weighted by Crippen LogP contribution is 2.29. The average Bonchev–Trinajstić information content (AvgIpc) is 2.61. The van der Waals surface area contributed by atoms with E-state index < -0.39 is 0 Å². The third kappa shape index (κ3) is 3.90. The van der Waals surface area contributed by atoms with E-state index >= 15 is 0 Å². The van der Waals surface area contributed by atoms with Gasteiger partial charge in [-0.3, -0.25) is 4.90 Å². The summed E-state index contributed by atoms with van der Waals surface area (Å²) in [6.45, 7) is 3.07. The summed E-state index contributed by atoms with van der Waals surface area (Å²) in [7, 11) is 0. The van der Waals surface area contributed by atoms with Crippen LogP contribution in [0.25, 0.3) is 0 Å². The molecule has 2 aromatic carbocycles. The Hall–Kier alpha value is -1.90. The molecule has 3 rings (SSSR count). The van der Waals surface area contributed by atoms with Crippen molar-refractivity contribution in [1.29, 1.82) is 0 Å². The summed E-state index contributed by atoms with van der Waals surface area (Å²) in [4.78, 5) is 2.41. The van der Waals surface area contributed by atoms with Crippen LogP contribution in [-0.4, -0.2) is 22.2 Å². The highest BCUT2D eigenvalue weighted by molar-refractivity contribution is 5.21. The lowest BCUT2D eigenvalue weighted by Gasteiger charge is -2.39. The molecule has 1 aliphatic carbocycles. The molecule has 0 unspecified atom stereocenters.